The minimum Gasteiger partial charge on any atom is -0.496 e. The molecule has 4 aromatic carbocycles. The first-order valence-electron chi connectivity index (χ1n) is 13.6. The summed E-state index contributed by atoms with van der Waals surface area (Å²) in [7, 11) is -6.39. The van der Waals surface area contributed by atoms with Crippen LogP contribution in [0.3, 0.4) is 0 Å². The number of anilines is 1. The van der Waals surface area contributed by atoms with Gasteiger partial charge in [-0.2, -0.15) is 30.0 Å². The van der Waals surface area contributed by atoms with E-state index < -0.39 is 66.7 Å². The Kier molecular flexibility index (Phi) is 10.6. The first kappa shape index (κ1) is 36.7. The van der Waals surface area contributed by atoms with Gasteiger partial charge in [0.15, 0.2) is 23.0 Å². The third kappa shape index (κ3) is 9.08. The molecule has 0 bridgehead atoms. The highest BCUT2D eigenvalue weighted by atomic mass is 32.2. The van der Waals surface area contributed by atoms with Gasteiger partial charge in [0.25, 0.3) is 0 Å². The number of ether oxygens (including phenoxy) is 3. The Morgan fingerprint density at radius 3 is 1.96 bits per heavy atom. The molecule has 11 nitrogen and oxygen atoms in total. The van der Waals surface area contributed by atoms with Gasteiger partial charge >= 0.3 is 32.3 Å². The van der Waals surface area contributed by atoms with Crippen LogP contribution in [0, 0.1) is 11.6 Å². The van der Waals surface area contributed by atoms with Crippen molar-refractivity contribution in [3.05, 3.63) is 83.9 Å². The van der Waals surface area contributed by atoms with E-state index in [1.165, 1.54) is 23.5 Å². The summed E-state index contributed by atoms with van der Waals surface area (Å²) in [6.45, 7) is 0.00931. The van der Waals surface area contributed by atoms with Gasteiger partial charge in [0.2, 0.25) is 0 Å². The SMILES string of the molecule is COc1cc(-c2cc(F)c(NC(=O)C(F)(F)F)cc2F)c(OC)c(OS(C)(=O)=O)c1-c1ccc(OCc2ccccc2)c(OS(C)(=O)=O)c1. The van der Waals surface area contributed by atoms with E-state index in [9.17, 15) is 39.2 Å². The maximum atomic E-state index is 15.4. The highest BCUT2D eigenvalue weighted by Crippen LogP contribution is 2.52. The Hall–Kier alpha value is -5.10. The van der Waals surface area contributed by atoms with Crippen LogP contribution >= 0.6 is 0 Å². The molecule has 49 heavy (non-hydrogen) atoms. The van der Waals surface area contributed by atoms with Crippen LogP contribution in [0.15, 0.2) is 66.7 Å². The maximum absolute atomic E-state index is 15.4. The molecule has 0 radical (unpaired) electrons. The van der Waals surface area contributed by atoms with E-state index in [2.05, 4.69) is 0 Å². The van der Waals surface area contributed by atoms with Crippen molar-refractivity contribution in [3.8, 4) is 51.0 Å². The fourth-order valence-corrected chi connectivity index (χ4v) is 5.39. The third-order valence-corrected chi connectivity index (χ3v) is 7.37. The first-order valence-corrected chi connectivity index (χ1v) is 17.2. The summed E-state index contributed by atoms with van der Waals surface area (Å²) in [6.07, 6.45) is -3.94. The first-order chi connectivity index (χ1) is 22.8. The lowest BCUT2D eigenvalue weighted by atomic mass is 9.95. The Labute approximate surface area is 277 Å². The molecular formula is C31H26F5NO10S2. The van der Waals surface area contributed by atoms with Crippen LogP contribution in [-0.2, 0) is 31.6 Å². The van der Waals surface area contributed by atoms with Gasteiger partial charge in [0.1, 0.15) is 24.0 Å². The van der Waals surface area contributed by atoms with E-state index in [0.717, 1.165) is 32.1 Å². The van der Waals surface area contributed by atoms with Crippen molar-refractivity contribution in [2.75, 3.05) is 32.0 Å². The monoisotopic (exact) mass is 731 g/mol. The third-order valence-electron chi connectivity index (χ3n) is 6.42. The highest BCUT2D eigenvalue weighted by molar-refractivity contribution is 7.86. The predicted molar refractivity (Wildman–Crippen MR) is 167 cm³/mol. The molecule has 4 aromatic rings. The topological polar surface area (TPSA) is 144 Å². The lowest BCUT2D eigenvalue weighted by Crippen LogP contribution is -2.30. The van der Waals surface area contributed by atoms with Gasteiger partial charge in [-0.15, -0.1) is 0 Å². The largest absolute Gasteiger partial charge is 0.496 e. The van der Waals surface area contributed by atoms with Crippen LogP contribution in [0.5, 0.6) is 28.7 Å². The van der Waals surface area contributed by atoms with E-state index in [4.69, 9.17) is 22.6 Å². The molecular weight excluding hydrogens is 705 g/mol. The van der Waals surface area contributed by atoms with E-state index in [0.29, 0.717) is 12.3 Å². The zero-order chi connectivity index (χ0) is 36.3. The number of halogens is 5. The smallest absolute Gasteiger partial charge is 0.471 e. The van der Waals surface area contributed by atoms with Gasteiger partial charge in [-0.05, 0) is 35.4 Å². The van der Waals surface area contributed by atoms with Crippen molar-refractivity contribution >= 4 is 31.8 Å². The molecule has 0 unspecified atom stereocenters. The summed E-state index contributed by atoms with van der Waals surface area (Å²) in [6, 6.07) is 14.5. The van der Waals surface area contributed by atoms with E-state index >= 15 is 4.39 Å². The number of carbonyl (C=O) groups is 1. The molecule has 0 heterocycles. The number of benzene rings is 4. The lowest BCUT2D eigenvalue weighted by molar-refractivity contribution is -0.167. The number of hydrogen-bond donors (Lipinski definition) is 1. The molecule has 0 fully saturated rings. The summed E-state index contributed by atoms with van der Waals surface area (Å²) in [5.41, 5.74) is -1.61. The molecule has 1 N–H and O–H groups in total. The molecule has 0 aliphatic heterocycles. The molecule has 18 heteroatoms. The lowest BCUT2D eigenvalue weighted by Gasteiger charge is -2.21. The number of hydrogen-bond acceptors (Lipinski definition) is 10. The summed E-state index contributed by atoms with van der Waals surface area (Å²) < 4.78 is 145. The Morgan fingerprint density at radius 1 is 0.735 bits per heavy atom. The standard InChI is InChI=1S/C31H26F5NO10S2/c1-43-26-14-20(19-13-22(33)23(15-21(19)32)37-30(38)31(34,35)36)28(44-2)29(47-49(4,41)42)27(26)18-10-11-24(25(12-18)46-48(3,39)40)45-16-17-8-6-5-7-9-17/h5-15H,16H2,1-4H3,(H,37,38). The molecule has 0 aliphatic rings. The van der Waals surface area contributed by atoms with Gasteiger partial charge in [-0.25, -0.2) is 8.78 Å². The zero-order valence-corrected chi connectivity index (χ0v) is 27.5. The quantitative estimate of drug-likeness (QED) is 0.135. The van der Waals surface area contributed by atoms with Crippen molar-refractivity contribution in [2.24, 2.45) is 0 Å². The van der Waals surface area contributed by atoms with Crippen molar-refractivity contribution < 1.29 is 66.2 Å². The fraction of sp³-hybridized carbons (Fsp3) is 0.194. The summed E-state index contributed by atoms with van der Waals surface area (Å²) in [4.78, 5) is 11.3. The maximum Gasteiger partial charge on any atom is 0.471 e. The molecule has 1 amide bonds. The second kappa shape index (κ2) is 14.2. The summed E-state index contributed by atoms with van der Waals surface area (Å²) in [5.74, 6) is -7.14. The van der Waals surface area contributed by atoms with Crippen molar-refractivity contribution in [2.45, 2.75) is 12.8 Å². The molecule has 0 aromatic heterocycles. The molecule has 0 saturated heterocycles. The van der Waals surface area contributed by atoms with Gasteiger partial charge in [0.05, 0.1) is 38.0 Å². The van der Waals surface area contributed by atoms with Gasteiger partial charge in [0, 0.05) is 17.2 Å². The second-order valence-electron chi connectivity index (χ2n) is 10.1. The molecule has 262 valence electrons. The molecule has 4 rings (SSSR count). The van der Waals surface area contributed by atoms with Crippen molar-refractivity contribution in [1.29, 1.82) is 0 Å². The summed E-state index contributed by atoms with van der Waals surface area (Å²) in [5, 5.41) is 1.23. The molecule has 0 atom stereocenters. The predicted octanol–water partition coefficient (Wildman–Crippen LogP) is 6.07. The van der Waals surface area contributed by atoms with Crippen molar-refractivity contribution in [3.63, 3.8) is 0 Å². The second-order valence-corrected chi connectivity index (χ2v) is 13.3. The van der Waals surface area contributed by atoms with Crippen LogP contribution in [0.25, 0.3) is 22.3 Å². The minimum atomic E-state index is -5.40. The number of nitrogens with one attached hydrogen (secondary N) is 1. The summed E-state index contributed by atoms with van der Waals surface area (Å²) >= 11 is 0. The van der Waals surface area contributed by atoms with Gasteiger partial charge in [-0.1, -0.05) is 36.4 Å². The average Bonchev–Trinajstić information content (AvgIpc) is 3.00. The van der Waals surface area contributed by atoms with Crippen LogP contribution in [0.2, 0.25) is 0 Å². The Morgan fingerprint density at radius 2 is 1.39 bits per heavy atom. The Bertz CT molecular complexity index is 2110. The normalized spacial score (nSPS) is 11.9. The Balaban J connectivity index is 1.94. The molecule has 0 saturated carbocycles. The highest BCUT2D eigenvalue weighted by Gasteiger charge is 2.39. The average molecular weight is 732 g/mol. The van der Waals surface area contributed by atoms with Crippen LogP contribution in [0.4, 0.5) is 27.6 Å². The van der Waals surface area contributed by atoms with Crippen LogP contribution in [-0.4, -0.2) is 55.7 Å². The number of alkyl halides is 3. The van der Waals surface area contributed by atoms with E-state index in [-0.39, 0.29) is 46.6 Å². The fourth-order valence-electron chi connectivity index (χ4n) is 4.47. The number of amides is 1. The van der Waals surface area contributed by atoms with Gasteiger partial charge < -0.3 is 27.9 Å². The van der Waals surface area contributed by atoms with E-state index in [1.807, 2.05) is 0 Å². The molecule has 0 spiro atoms. The van der Waals surface area contributed by atoms with Gasteiger partial charge in [-0.3, -0.25) is 4.79 Å². The molecule has 0 aliphatic carbocycles. The number of carbonyl (C=O) groups excluding carboxylic acids is 1. The van der Waals surface area contributed by atoms with Crippen LogP contribution < -0.4 is 27.9 Å². The number of methoxy groups -OCH3 is 2. The number of rotatable bonds is 12. The van der Waals surface area contributed by atoms with E-state index in [1.54, 1.807) is 30.3 Å². The van der Waals surface area contributed by atoms with Crippen LogP contribution in [0.1, 0.15) is 5.56 Å². The minimum absolute atomic E-state index is 0.00931. The van der Waals surface area contributed by atoms with Crippen molar-refractivity contribution in [1.82, 2.24) is 0 Å². The zero-order valence-electron chi connectivity index (χ0n) is 25.8.